The molecule has 6 aromatic rings. The van der Waals surface area contributed by atoms with Gasteiger partial charge in [-0.05, 0) is 72.3 Å². The lowest BCUT2D eigenvalue weighted by molar-refractivity contribution is 0.407. The van der Waals surface area contributed by atoms with Crippen LogP contribution in [-0.4, -0.2) is 36.5 Å². The van der Waals surface area contributed by atoms with Gasteiger partial charge < -0.3 is 15.2 Å². The smallest absolute Gasteiger partial charge is 0.280 e. The molecule has 242 valence electrons. The van der Waals surface area contributed by atoms with Gasteiger partial charge in [0.2, 0.25) is 0 Å². The third-order valence-corrected chi connectivity index (χ3v) is 9.33. The van der Waals surface area contributed by atoms with E-state index in [-0.39, 0.29) is 28.3 Å². The predicted molar refractivity (Wildman–Crippen MR) is 190 cm³/mol. The van der Waals surface area contributed by atoms with Crippen molar-refractivity contribution >= 4 is 67.4 Å². The lowest BCUT2D eigenvalue weighted by atomic mass is 10.1. The Morgan fingerprint density at radius 2 is 1.62 bits per heavy atom. The van der Waals surface area contributed by atoms with Crippen molar-refractivity contribution in [1.29, 1.82) is 0 Å². The lowest BCUT2D eigenvalue weighted by Gasteiger charge is -2.18. The molecule has 1 heterocycles. The number of aromatic nitrogens is 2. The summed E-state index contributed by atoms with van der Waals surface area (Å²) in [7, 11) is -2.77. The van der Waals surface area contributed by atoms with Crippen molar-refractivity contribution in [2.45, 2.75) is 11.3 Å². The summed E-state index contributed by atoms with van der Waals surface area (Å²) < 4.78 is 33.3. The summed E-state index contributed by atoms with van der Waals surface area (Å²) in [4.78, 5) is 25.1. The lowest BCUT2D eigenvalue weighted by Crippen LogP contribution is -2.36. The molecule has 10 nitrogen and oxygen atoms in total. The third kappa shape index (κ3) is 6.98. The number of sulfonamides is 1. The number of methoxy groups -OCH3 is 1. The van der Waals surface area contributed by atoms with Crippen LogP contribution in [0.3, 0.4) is 0 Å². The van der Waals surface area contributed by atoms with Gasteiger partial charge in [-0.15, -0.1) is 0 Å². The zero-order valence-electron chi connectivity index (χ0n) is 25.3. The number of fused-ring (bicyclic) bond motifs is 1. The Morgan fingerprint density at radius 1 is 0.917 bits per heavy atom. The number of aromatic hydroxyl groups is 1. The Morgan fingerprint density at radius 3 is 2.35 bits per heavy atom. The monoisotopic (exact) mass is 699 g/mol. The van der Waals surface area contributed by atoms with E-state index in [1.54, 1.807) is 54.6 Å². The number of anilines is 2. The molecule has 0 atom stereocenters. The largest absolute Gasteiger partial charge is 0.507 e. The first kappa shape index (κ1) is 32.6. The molecule has 0 aliphatic rings. The van der Waals surface area contributed by atoms with Crippen LogP contribution in [0, 0.1) is 0 Å². The van der Waals surface area contributed by atoms with Gasteiger partial charge in [-0.2, -0.15) is 13.1 Å². The van der Waals surface area contributed by atoms with E-state index in [2.05, 4.69) is 20.1 Å². The summed E-state index contributed by atoms with van der Waals surface area (Å²) in [5, 5.41) is 14.5. The fourth-order valence-corrected chi connectivity index (χ4v) is 6.42. The van der Waals surface area contributed by atoms with Crippen molar-refractivity contribution in [3.63, 3.8) is 0 Å². The van der Waals surface area contributed by atoms with Gasteiger partial charge in [0, 0.05) is 30.0 Å². The van der Waals surface area contributed by atoms with E-state index in [0.717, 1.165) is 4.68 Å². The first-order valence-electron chi connectivity index (χ1n) is 14.5. The van der Waals surface area contributed by atoms with E-state index in [1.807, 2.05) is 24.3 Å². The molecule has 0 fully saturated rings. The van der Waals surface area contributed by atoms with Gasteiger partial charge in [-0.3, -0.25) is 9.79 Å². The fourth-order valence-electron chi connectivity index (χ4n) is 4.90. The van der Waals surface area contributed by atoms with Gasteiger partial charge in [-0.1, -0.05) is 59.6 Å². The maximum absolute atomic E-state index is 13.8. The van der Waals surface area contributed by atoms with E-state index in [4.69, 9.17) is 27.9 Å². The molecule has 0 saturated carbocycles. The number of hydrogen-bond donors (Lipinski definition) is 3. The summed E-state index contributed by atoms with van der Waals surface area (Å²) in [6.07, 6.45) is 1.52. The predicted octanol–water partition coefficient (Wildman–Crippen LogP) is 7.43. The van der Waals surface area contributed by atoms with Gasteiger partial charge in [-0.25, -0.2) is 9.82 Å². The van der Waals surface area contributed by atoms with Crippen LogP contribution in [0.5, 0.6) is 11.5 Å². The van der Waals surface area contributed by atoms with Crippen molar-refractivity contribution in [3.8, 4) is 11.5 Å². The molecule has 0 unspecified atom stereocenters. The van der Waals surface area contributed by atoms with Crippen LogP contribution >= 0.6 is 23.2 Å². The Hall–Kier alpha value is -5.36. The Balaban J connectivity index is 1.32. The highest BCUT2D eigenvalue weighted by Gasteiger charge is 2.20. The third-order valence-electron chi connectivity index (χ3n) is 7.38. The maximum Gasteiger partial charge on any atom is 0.280 e. The van der Waals surface area contributed by atoms with Gasteiger partial charge in [0.25, 0.3) is 15.6 Å². The van der Waals surface area contributed by atoms with Crippen LogP contribution in [0.25, 0.3) is 10.9 Å². The average Bonchev–Trinajstić information content (AvgIpc) is 3.08. The van der Waals surface area contributed by atoms with E-state index in [1.165, 1.54) is 43.7 Å². The molecule has 0 saturated heterocycles. The molecule has 0 radical (unpaired) electrons. The molecule has 3 N–H and O–H groups in total. The normalized spacial score (nSPS) is 11.6. The zero-order valence-corrected chi connectivity index (χ0v) is 27.6. The van der Waals surface area contributed by atoms with E-state index in [9.17, 15) is 18.3 Å². The number of nitrogens with zero attached hydrogens (tertiary/aromatic N) is 3. The molecular weight excluding hydrogens is 673 g/mol. The number of ether oxygens (including phenoxy) is 1. The number of benzene rings is 5. The van der Waals surface area contributed by atoms with E-state index >= 15 is 0 Å². The molecule has 0 spiro atoms. The number of aliphatic imine (C=N–C) groups is 1. The van der Waals surface area contributed by atoms with Gasteiger partial charge in [0.1, 0.15) is 17.3 Å². The number of hydrogen-bond acceptors (Lipinski definition) is 8. The standard InChI is InChI=1S/C35H27Cl2N5O5S/c1-47-25-16-13-23(32(43)20-25)21-38-24-14-17-26(18-15-24)48(45,46)41-42-33(39-31-12-5-3-8-27(31)35(42)44)19-22-7-2-4-11-30(22)40-34-28(36)9-6-10-29(34)37/h2-18,20-21,40-41,43H,19H2,1H3. The van der Waals surface area contributed by atoms with E-state index < -0.39 is 15.6 Å². The molecule has 48 heavy (non-hydrogen) atoms. The zero-order chi connectivity index (χ0) is 33.8. The van der Waals surface area contributed by atoms with Crippen molar-refractivity contribution in [1.82, 2.24) is 9.66 Å². The van der Waals surface area contributed by atoms with Gasteiger partial charge in [0.05, 0.1) is 44.3 Å². The van der Waals surface area contributed by atoms with Crippen molar-refractivity contribution in [2.75, 3.05) is 17.3 Å². The summed E-state index contributed by atoms with van der Waals surface area (Å²) in [6, 6.07) is 29.7. The molecule has 13 heteroatoms. The summed E-state index contributed by atoms with van der Waals surface area (Å²) >= 11 is 12.8. The van der Waals surface area contributed by atoms with Crippen LogP contribution in [0.15, 0.2) is 124 Å². The van der Waals surface area contributed by atoms with Gasteiger partial charge >= 0.3 is 0 Å². The minimum absolute atomic E-state index is 0.0159. The number of nitrogens with one attached hydrogen (secondary N) is 2. The van der Waals surface area contributed by atoms with Crippen LogP contribution in [-0.2, 0) is 16.4 Å². The van der Waals surface area contributed by atoms with Crippen LogP contribution in [0.2, 0.25) is 10.0 Å². The fraction of sp³-hybridized carbons (Fsp3) is 0.0571. The average molecular weight is 701 g/mol. The Labute approximate surface area is 285 Å². The highest BCUT2D eigenvalue weighted by Crippen LogP contribution is 2.34. The summed E-state index contributed by atoms with van der Waals surface area (Å²) in [5.74, 6) is 0.638. The number of rotatable bonds is 10. The second kappa shape index (κ2) is 13.8. The minimum Gasteiger partial charge on any atom is -0.507 e. The van der Waals surface area contributed by atoms with E-state index in [0.29, 0.717) is 49.5 Å². The maximum atomic E-state index is 13.8. The molecule has 0 aliphatic carbocycles. The Bertz CT molecular complexity index is 2330. The van der Waals surface area contributed by atoms with Crippen molar-refractivity contribution in [2.24, 2.45) is 4.99 Å². The minimum atomic E-state index is -4.27. The molecule has 6 rings (SSSR count). The highest BCUT2D eigenvalue weighted by molar-refractivity contribution is 7.92. The van der Waals surface area contributed by atoms with Gasteiger partial charge in [0.15, 0.2) is 0 Å². The molecule has 0 bridgehead atoms. The second-order valence-corrected chi connectivity index (χ2v) is 13.0. The molecule has 5 aromatic carbocycles. The second-order valence-electron chi connectivity index (χ2n) is 10.5. The topological polar surface area (TPSA) is 135 Å². The molecule has 0 amide bonds. The number of halogens is 2. The highest BCUT2D eigenvalue weighted by atomic mass is 35.5. The first-order chi connectivity index (χ1) is 23.1. The van der Waals surface area contributed by atoms with Crippen LogP contribution in [0.1, 0.15) is 17.0 Å². The Kier molecular flexibility index (Phi) is 9.35. The molecule has 1 aromatic heterocycles. The van der Waals surface area contributed by atoms with Crippen LogP contribution < -0.4 is 20.4 Å². The van der Waals surface area contributed by atoms with Crippen LogP contribution in [0.4, 0.5) is 17.1 Å². The molecular formula is C35H27Cl2N5O5S. The molecule has 0 aliphatic heterocycles. The summed E-state index contributed by atoms with van der Waals surface area (Å²) in [5.41, 5.74) is 2.58. The first-order valence-corrected chi connectivity index (χ1v) is 16.7. The SMILES string of the molecule is COc1ccc(C=Nc2ccc(S(=O)(=O)Nn3c(Cc4ccccc4Nc4c(Cl)cccc4Cl)nc4ccccc4c3=O)cc2)c(O)c1. The number of phenols is 1. The summed E-state index contributed by atoms with van der Waals surface area (Å²) in [6.45, 7) is 0. The number of para-hydroxylation sites is 3. The number of phenolic OH excluding ortho intramolecular Hbond substituents is 1. The quantitative estimate of drug-likeness (QED) is 0.127. The van der Waals surface area contributed by atoms with Crippen molar-refractivity contribution in [3.05, 3.63) is 147 Å². The van der Waals surface area contributed by atoms with Crippen molar-refractivity contribution < 1.29 is 18.3 Å².